The van der Waals surface area contributed by atoms with Crippen molar-refractivity contribution in [2.75, 3.05) is 17.2 Å². The van der Waals surface area contributed by atoms with Crippen molar-refractivity contribution in [2.24, 2.45) is 0 Å². The number of carbonyl (C=O) groups excluding carboxylic acids is 1. The van der Waals surface area contributed by atoms with Crippen LogP contribution in [0.2, 0.25) is 0 Å². The summed E-state index contributed by atoms with van der Waals surface area (Å²) in [6.07, 6.45) is -1.15. The van der Waals surface area contributed by atoms with E-state index in [1.807, 2.05) is 0 Å². The number of anilines is 2. The molecule has 0 saturated carbocycles. The zero-order valence-electron chi connectivity index (χ0n) is 7.61. The minimum atomic E-state index is -1.15. The molecule has 6 nitrogen and oxygen atoms in total. The quantitative estimate of drug-likeness (QED) is 0.645. The molecule has 0 atom stereocenters. The van der Waals surface area contributed by atoms with Crippen LogP contribution in [0.15, 0.2) is 18.2 Å². The molecule has 2 rings (SSSR count). The summed E-state index contributed by atoms with van der Waals surface area (Å²) in [7, 11) is 0. The van der Waals surface area contributed by atoms with Crippen LogP contribution in [0.25, 0.3) is 0 Å². The number of carbonyl (C=O) groups is 2. The predicted octanol–water partition coefficient (Wildman–Crippen LogP) is 1.11. The van der Waals surface area contributed by atoms with E-state index in [4.69, 9.17) is 9.84 Å². The SMILES string of the molecule is O=C(O)Nc1ccc2c(c1)NC(=O)CO2. The second-order valence-electron chi connectivity index (χ2n) is 2.98. The highest BCUT2D eigenvalue weighted by atomic mass is 16.5. The van der Waals surface area contributed by atoms with Crippen LogP contribution in [-0.4, -0.2) is 23.7 Å². The van der Waals surface area contributed by atoms with E-state index in [0.29, 0.717) is 17.1 Å². The van der Waals surface area contributed by atoms with E-state index >= 15 is 0 Å². The molecule has 0 bridgehead atoms. The highest BCUT2D eigenvalue weighted by molar-refractivity contribution is 5.96. The van der Waals surface area contributed by atoms with Crippen molar-refractivity contribution in [3.63, 3.8) is 0 Å². The van der Waals surface area contributed by atoms with E-state index in [2.05, 4.69) is 10.6 Å². The Morgan fingerprint density at radius 1 is 1.53 bits per heavy atom. The van der Waals surface area contributed by atoms with E-state index in [1.165, 1.54) is 6.07 Å². The Bertz CT molecular complexity index is 430. The number of rotatable bonds is 1. The van der Waals surface area contributed by atoms with Crippen LogP contribution < -0.4 is 15.4 Å². The van der Waals surface area contributed by atoms with Crippen LogP contribution >= 0.6 is 0 Å². The highest BCUT2D eigenvalue weighted by Gasteiger charge is 2.16. The Kier molecular flexibility index (Phi) is 2.17. The molecule has 2 amide bonds. The van der Waals surface area contributed by atoms with Crippen molar-refractivity contribution in [3.8, 4) is 5.75 Å². The number of amides is 2. The van der Waals surface area contributed by atoms with Crippen molar-refractivity contribution in [1.82, 2.24) is 0 Å². The topological polar surface area (TPSA) is 87.7 Å². The van der Waals surface area contributed by atoms with Gasteiger partial charge in [-0.2, -0.15) is 0 Å². The fourth-order valence-electron chi connectivity index (χ4n) is 1.28. The molecular weight excluding hydrogens is 200 g/mol. The van der Waals surface area contributed by atoms with Gasteiger partial charge in [-0.05, 0) is 18.2 Å². The largest absolute Gasteiger partial charge is 0.482 e. The Hall–Kier alpha value is -2.24. The summed E-state index contributed by atoms with van der Waals surface area (Å²) in [4.78, 5) is 21.4. The van der Waals surface area contributed by atoms with Gasteiger partial charge in [0.2, 0.25) is 0 Å². The van der Waals surface area contributed by atoms with Crippen LogP contribution in [-0.2, 0) is 4.79 Å². The average Bonchev–Trinajstić information content (AvgIpc) is 2.16. The smallest absolute Gasteiger partial charge is 0.409 e. The molecule has 0 radical (unpaired) electrons. The molecule has 0 unspecified atom stereocenters. The lowest BCUT2D eigenvalue weighted by Crippen LogP contribution is -2.25. The zero-order valence-corrected chi connectivity index (χ0v) is 7.61. The molecule has 78 valence electrons. The molecule has 0 aliphatic carbocycles. The molecule has 0 fully saturated rings. The molecule has 3 N–H and O–H groups in total. The Morgan fingerprint density at radius 3 is 3.07 bits per heavy atom. The molecule has 6 heteroatoms. The third-order valence-electron chi connectivity index (χ3n) is 1.86. The molecule has 1 aromatic rings. The maximum absolute atomic E-state index is 11.0. The van der Waals surface area contributed by atoms with E-state index in [1.54, 1.807) is 12.1 Å². The number of hydrogen-bond donors (Lipinski definition) is 3. The van der Waals surface area contributed by atoms with Crippen molar-refractivity contribution in [3.05, 3.63) is 18.2 Å². The second kappa shape index (κ2) is 3.49. The maximum atomic E-state index is 11.0. The molecule has 15 heavy (non-hydrogen) atoms. The Balaban J connectivity index is 2.28. The van der Waals surface area contributed by atoms with E-state index in [-0.39, 0.29) is 12.5 Å². The standard InChI is InChI=1S/C9H8N2O4/c12-8-4-15-7-2-1-5(10-9(13)14)3-6(7)11-8/h1-3,10H,4H2,(H,11,12)(H,13,14). The summed E-state index contributed by atoms with van der Waals surface area (Å²) in [5.74, 6) is 0.278. The van der Waals surface area contributed by atoms with E-state index in [9.17, 15) is 9.59 Å². The number of benzene rings is 1. The lowest BCUT2D eigenvalue weighted by Gasteiger charge is -2.18. The number of fused-ring (bicyclic) bond motifs is 1. The van der Waals surface area contributed by atoms with Crippen molar-refractivity contribution in [1.29, 1.82) is 0 Å². The van der Waals surface area contributed by atoms with Gasteiger partial charge in [-0.25, -0.2) is 4.79 Å². The molecule has 0 aromatic heterocycles. The van der Waals surface area contributed by atoms with E-state index in [0.717, 1.165) is 0 Å². The number of ether oxygens (including phenoxy) is 1. The molecule has 0 saturated heterocycles. The van der Waals surface area contributed by atoms with Crippen molar-refractivity contribution < 1.29 is 19.4 Å². The molecule has 1 aliphatic rings. The Labute approximate surface area is 84.9 Å². The summed E-state index contributed by atoms with van der Waals surface area (Å²) in [6.45, 7) is -0.0152. The van der Waals surface area contributed by atoms with Crippen LogP contribution in [0.1, 0.15) is 0 Å². The first-order chi connectivity index (χ1) is 7.15. The monoisotopic (exact) mass is 208 g/mol. The van der Waals surface area contributed by atoms with Gasteiger partial charge in [-0.3, -0.25) is 10.1 Å². The first kappa shape index (κ1) is 9.32. The summed E-state index contributed by atoms with van der Waals surface area (Å²) in [5.41, 5.74) is 0.851. The first-order valence-corrected chi connectivity index (χ1v) is 4.22. The van der Waals surface area contributed by atoms with Gasteiger partial charge in [0.15, 0.2) is 6.61 Å². The predicted molar refractivity (Wildman–Crippen MR) is 52.2 cm³/mol. The lowest BCUT2D eigenvalue weighted by atomic mass is 10.2. The summed E-state index contributed by atoms with van der Waals surface area (Å²) in [6, 6.07) is 4.66. The van der Waals surface area contributed by atoms with Gasteiger partial charge >= 0.3 is 6.09 Å². The fraction of sp³-hybridized carbons (Fsp3) is 0.111. The second-order valence-corrected chi connectivity index (χ2v) is 2.98. The number of carboxylic acid groups (broad SMARTS) is 1. The van der Waals surface area contributed by atoms with Crippen LogP contribution in [0.3, 0.4) is 0 Å². The first-order valence-electron chi connectivity index (χ1n) is 4.22. The summed E-state index contributed by atoms with van der Waals surface area (Å²) < 4.78 is 5.11. The maximum Gasteiger partial charge on any atom is 0.409 e. The summed E-state index contributed by atoms with van der Waals surface area (Å²) >= 11 is 0. The lowest BCUT2D eigenvalue weighted by molar-refractivity contribution is -0.118. The molecule has 0 spiro atoms. The van der Waals surface area contributed by atoms with Gasteiger partial charge in [-0.1, -0.05) is 0 Å². The number of hydrogen-bond acceptors (Lipinski definition) is 3. The fourth-order valence-corrected chi connectivity index (χ4v) is 1.28. The van der Waals surface area contributed by atoms with Gasteiger partial charge in [0.25, 0.3) is 5.91 Å². The van der Waals surface area contributed by atoms with Gasteiger partial charge in [0.1, 0.15) is 5.75 Å². The number of nitrogens with one attached hydrogen (secondary N) is 2. The molecular formula is C9H8N2O4. The molecule has 1 aromatic carbocycles. The highest BCUT2D eigenvalue weighted by Crippen LogP contribution is 2.30. The summed E-state index contributed by atoms with van der Waals surface area (Å²) in [5, 5.41) is 13.2. The van der Waals surface area contributed by atoms with Gasteiger partial charge < -0.3 is 15.2 Å². The van der Waals surface area contributed by atoms with E-state index < -0.39 is 6.09 Å². The third-order valence-corrected chi connectivity index (χ3v) is 1.86. The Morgan fingerprint density at radius 2 is 2.33 bits per heavy atom. The molecule has 1 aliphatic heterocycles. The normalized spacial score (nSPS) is 13.5. The van der Waals surface area contributed by atoms with Gasteiger partial charge in [-0.15, -0.1) is 0 Å². The van der Waals surface area contributed by atoms with Gasteiger partial charge in [0.05, 0.1) is 5.69 Å². The van der Waals surface area contributed by atoms with Crippen molar-refractivity contribution in [2.45, 2.75) is 0 Å². The average molecular weight is 208 g/mol. The zero-order chi connectivity index (χ0) is 10.8. The molecule has 1 heterocycles. The van der Waals surface area contributed by atoms with Crippen LogP contribution in [0.4, 0.5) is 16.2 Å². The van der Waals surface area contributed by atoms with Crippen LogP contribution in [0.5, 0.6) is 5.75 Å². The van der Waals surface area contributed by atoms with Crippen molar-refractivity contribution >= 4 is 23.4 Å². The third kappa shape index (κ3) is 1.98. The minimum absolute atomic E-state index is 0.0152. The minimum Gasteiger partial charge on any atom is -0.482 e. The van der Waals surface area contributed by atoms with Gasteiger partial charge in [0, 0.05) is 5.69 Å². The van der Waals surface area contributed by atoms with Crippen LogP contribution in [0, 0.1) is 0 Å².